The Bertz CT molecular complexity index is 365. The zero-order valence-corrected chi connectivity index (χ0v) is 13.6. The molecule has 0 spiro atoms. The lowest BCUT2D eigenvalue weighted by Gasteiger charge is -1.97. The summed E-state index contributed by atoms with van der Waals surface area (Å²) in [5, 5.41) is 2.25. The molecule has 0 atom stereocenters. The second-order valence-electron chi connectivity index (χ2n) is 5.07. The molecule has 110 valence electrons. The highest BCUT2D eigenvalue weighted by atomic mass is 32.2. The van der Waals surface area contributed by atoms with Gasteiger partial charge in [0.1, 0.15) is 0 Å². The Labute approximate surface area is 129 Å². The van der Waals surface area contributed by atoms with E-state index in [0.717, 1.165) is 5.75 Å². The molecule has 0 saturated carbocycles. The van der Waals surface area contributed by atoms with Crippen LogP contribution in [0.1, 0.15) is 57.4 Å². The SMILES string of the molecule is CCCCCCCC/C=C\SC/C=C/c1ccccc1. The maximum absolute atomic E-state index is 2.32. The molecule has 0 aliphatic carbocycles. The monoisotopic (exact) mass is 288 g/mol. The van der Waals surface area contributed by atoms with Crippen LogP contribution in [0.15, 0.2) is 47.9 Å². The average Bonchev–Trinajstić information content (AvgIpc) is 2.49. The Morgan fingerprint density at radius 2 is 1.65 bits per heavy atom. The average molecular weight is 288 g/mol. The van der Waals surface area contributed by atoms with Gasteiger partial charge in [0, 0.05) is 5.75 Å². The van der Waals surface area contributed by atoms with Crippen LogP contribution in [0.5, 0.6) is 0 Å². The molecule has 0 saturated heterocycles. The Balaban J connectivity index is 1.93. The summed E-state index contributed by atoms with van der Waals surface area (Å²) in [5.74, 6) is 1.06. The molecule has 1 heteroatoms. The van der Waals surface area contributed by atoms with Gasteiger partial charge in [-0.3, -0.25) is 0 Å². The third-order valence-electron chi connectivity index (χ3n) is 3.22. The van der Waals surface area contributed by atoms with E-state index >= 15 is 0 Å². The van der Waals surface area contributed by atoms with Gasteiger partial charge in [0.2, 0.25) is 0 Å². The summed E-state index contributed by atoms with van der Waals surface area (Å²) in [6.45, 7) is 2.27. The summed E-state index contributed by atoms with van der Waals surface area (Å²) >= 11 is 1.88. The molecule has 0 heterocycles. The van der Waals surface area contributed by atoms with Gasteiger partial charge < -0.3 is 0 Å². The zero-order valence-electron chi connectivity index (χ0n) is 12.8. The second-order valence-corrected chi connectivity index (χ2v) is 6.01. The normalized spacial score (nSPS) is 11.7. The maximum Gasteiger partial charge on any atom is 0.0158 e. The lowest BCUT2D eigenvalue weighted by Crippen LogP contribution is -1.77. The molecule has 0 aromatic heterocycles. The maximum atomic E-state index is 2.32. The molecule has 0 unspecified atom stereocenters. The smallest absolute Gasteiger partial charge is 0.0158 e. The third kappa shape index (κ3) is 9.91. The predicted molar refractivity (Wildman–Crippen MR) is 95.1 cm³/mol. The van der Waals surface area contributed by atoms with Crippen molar-refractivity contribution in [2.24, 2.45) is 0 Å². The molecule has 0 aliphatic heterocycles. The van der Waals surface area contributed by atoms with Crippen LogP contribution >= 0.6 is 11.8 Å². The molecule has 20 heavy (non-hydrogen) atoms. The van der Waals surface area contributed by atoms with Gasteiger partial charge in [-0.1, -0.05) is 87.6 Å². The van der Waals surface area contributed by atoms with Crippen LogP contribution in [0.25, 0.3) is 6.08 Å². The molecule has 0 radical (unpaired) electrons. The Kier molecular flexibility index (Phi) is 11.2. The standard InChI is InChI=1S/C19H28S/c1-2-3-4-5-6-7-8-12-17-20-18-13-16-19-14-10-9-11-15-19/h9-17H,2-8,18H2,1H3/b16-13+,17-12-. The van der Waals surface area contributed by atoms with Crippen molar-refractivity contribution in [3.05, 3.63) is 53.5 Å². The van der Waals surface area contributed by atoms with Crippen molar-refractivity contribution in [2.75, 3.05) is 5.75 Å². The van der Waals surface area contributed by atoms with Crippen molar-refractivity contribution in [3.63, 3.8) is 0 Å². The first-order valence-electron chi connectivity index (χ1n) is 7.91. The second kappa shape index (κ2) is 13.1. The van der Waals surface area contributed by atoms with Crippen LogP contribution in [0.4, 0.5) is 0 Å². The number of benzene rings is 1. The van der Waals surface area contributed by atoms with E-state index in [9.17, 15) is 0 Å². The van der Waals surface area contributed by atoms with Gasteiger partial charge in [-0.2, -0.15) is 0 Å². The molecule has 0 bridgehead atoms. The van der Waals surface area contributed by atoms with E-state index in [1.165, 1.54) is 50.5 Å². The third-order valence-corrected chi connectivity index (χ3v) is 3.99. The van der Waals surface area contributed by atoms with Gasteiger partial charge >= 0.3 is 0 Å². The van der Waals surface area contributed by atoms with Crippen molar-refractivity contribution in [1.29, 1.82) is 0 Å². The Morgan fingerprint density at radius 3 is 2.45 bits per heavy atom. The van der Waals surface area contributed by atoms with Crippen LogP contribution in [0.2, 0.25) is 0 Å². The molecular formula is C19H28S. The first-order valence-corrected chi connectivity index (χ1v) is 8.96. The summed E-state index contributed by atoms with van der Waals surface area (Å²) in [6, 6.07) is 10.5. The van der Waals surface area contributed by atoms with Crippen molar-refractivity contribution in [3.8, 4) is 0 Å². The van der Waals surface area contributed by atoms with E-state index in [0.29, 0.717) is 0 Å². The molecular weight excluding hydrogens is 260 g/mol. The Hall–Kier alpha value is -0.950. The number of allylic oxidation sites excluding steroid dienone is 1. The molecule has 0 amide bonds. The minimum atomic E-state index is 1.06. The van der Waals surface area contributed by atoms with Crippen LogP contribution in [0, 0.1) is 0 Å². The van der Waals surface area contributed by atoms with Crippen molar-refractivity contribution >= 4 is 17.8 Å². The summed E-state index contributed by atoms with van der Waals surface area (Å²) in [6.07, 6.45) is 16.3. The quantitative estimate of drug-likeness (QED) is 0.408. The van der Waals surface area contributed by atoms with Crippen LogP contribution in [-0.4, -0.2) is 5.75 Å². The summed E-state index contributed by atoms with van der Waals surface area (Å²) in [7, 11) is 0. The molecule has 0 N–H and O–H groups in total. The minimum absolute atomic E-state index is 1.06. The van der Waals surface area contributed by atoms with Gasteiger partial charge in [-0.25, -0.2) is 0 Å². The van der Waals surface area contributed by atoms with E-state index in [1.807, 2.05) is 11.8 Å². The first-order chi connectivity index (χ1) is 9.93. The lowest BCUT2D eigenvalue weighted by molar-refractivity contribution is 0.611. The lowest BCUT2D eigenvalue weighted by atomic mass is 10.1. The van der Waals surface area contributed by atoms with Crippen LogP contribution in [0.3, 0.4) is 0 Å². The highest BCUT2D eigenvalue weighted by molar-refractivity contribution is 8.02. The number of hydrogen-bond donors (Lipinski definition) is 0. The fourth-order valence-electron chi connectivity index (χ4n) is 2.04. The number of rotatable bonds is 11. The van der Waals surface area contributed by atoms with Crippen molar-refractivity contribution in [2.45, 2.75) is 51.9 Å². The van der Waals surface area contributed by atoms with Crippen LogP contribution in [-0.2, 0) is 0 Å². The zero-order chi connectivity index (χ0) is 14.3. The largest absolute Gasteiger partial charge is 0.130 e. The van der Waals surface area contributed by atoms with Gasteiger partial charge in [0.25, 0.3) is 0 Å². The number of hydrogen-bond acceptors (Lipinski definition) is 1. The summed E-state index contributed by atoms with van der Waals surface area (Å²) < 4.78 is 0. The van der Waals surface area contributed by atoms with Crippen LogP contribution < -0.4 is 0 Å². The molecule has 0 fully saturated rings. The molecule has 1 aromatic carbocycles. The highest BCUT2D eigenvalue weighted by Crippen LogP contribution is 2.10. The molecule has 1 aromatic rings. The minimum Gasteiger partial charge on any atom is -0.130 e. The van der Waals surface area contributed by atoms with Gasteiger partial charge in [0.05, 0.1) is 0 Å². The number of unbranched alkanes of at least 4 members (excludes halogenated alkanes) is 6. The molecule has 0 aliphatic rings. The fraction of sp³-hybridized carbons (Fsp3) is 0.474. The molecule has 1 rings (SSSR count). The van der Waals surface area contributed by atoms with Gasteiger partial charge in [-0.15, -0.1) is 11.8 Å². The first kappa shape index (κ1) is 17.1. The van der Waals surface area contributed by atoms with E-state index < -0.39 is 0 Å². The van der Waals surface area contributed by atoms with E-state index in [-0.39, 0.29) is 0 Å². The van der Waals surface area contributed by atoms with E-state index in [1.54, 1.807) is 0 Å². The number of thioether (sulfide) groups is 1. The predicted octanol–water partition coefficient (Wildman–Crippen LogP) is 6.70. The van der Waals surface area contributed by atoms with E-state index in [4.69, 9.17) is 0 Å². The van der Waals surface area contributed by atoms with Gasteiger partial charge in [-0.05, 0) is 23.8 Å². The highest BCUT2D eigenvalue weighted by Gasteiger charge is 1.88. The van der Waals surface area contributed by atoms with Crippen molar-refractivity contribution in [1.82, 2.24) is 0 Å². The molecule has 0 nitrogen and oxygen atoms in total. The van der Waals surface area contributed by atoms with Gasteiger partial charge in [0.15, 0.2) is 0 Å². The van der Waals surface area contributed by atoms with E-state index in [2.05, 4.69) is 60.9 Å². The summed E-state index contributed by atoms with van der Waals surface area (Å²) in [4.78, 5) is 0. The fourth-order valence-corrected chi connectivity index (χ4v) is 2.63. The summed E-state index contributed by atoms with van der Waals surface area (Å²) in [5.41, 5.74) is 1.28. The Morgan fingerprint density at radius 1 is 0.900 bits per heavy atom. The topological polar surface area (TPSA) is 0 Å². The van der Waals surface area contributed by atoms with Crippen molar-refractivity contribution < 1.29 is 0 Å².